The first kappa shape index (κ1) is 20.5. The van der Waals surface area contributed by atoms with Gasteiger partial charge in [0.1, 0.15) is 5.70 Å². The van der Waals surface area contributed by atoms with E-state index < -0.39 is 6.03 Å². The fraction of sp³-hybridized carbons (Fsp3) is 0.304. The number of amides is 3. The second kappa shape index (κ2) is 9.78. The highest BCUT2D eigenvalue weighted by Crippen LogP contribution is 2.30. The van der Waals surface area contributed by atoms with Crippen molar-refractivity contribution in [3.63, 3.8) is 0 Å². The monoisotopic (exact) mass is 394 g/mol. The van der Waals surface area contributed by atoms with Gasteiger partial charge in [-0.1, -0.05) is 49.7 Å². The molecule has 0 aliphatic carbocycles. The van der Waals surface area contributed by atoms with E-state index in [1.807, 2.05) is 55.5 Å². The van der Waals surface area contributed by atoms with Crippen LogP contribution in [0.2, 0.25) is 0 Å². The van der Waals surface area contributed by atoms with Gasteiger partial charge in [0.25, 0.3) is 5.91 Å². The van der Waals surface area contributed by atoms with Crippen molar-refractivity contribution in [3.05, 3.63) is 65.4 Å². The summed E-state index contributed by atoms with van der Waals surface area (Å²) in [6.45, 7) is 5.38. The average molecular weight is 394 g/mol. The van der Waals surface area contributed by atoms with Crippen LogP contribution in [0.15, 0.2) is 54.2 Å². The average Bonchev–Trinajstić information content (AvgIpc) is 2.98. The van der Waals surface area contributed by atoms with E-state index in [1.54, 1.807) is 6.08 Å². The van der Waals surface area contributed by atoms with Crippen molar-refractivity contribution >= 4 is 18.0 Å². The van der Waals surface area contributed by atoms with Crippen LogP contribution >= 0.6 is 0 Å². The molecule has 1 fully saturated rings. The minimum atomic E-state index is -0.422. The lowest BCUT2D eigenvalue weighted by molar-refractivity contribution is -0.123. The zero-order valence-electron chi connectivity index (χ0n) is 16.8. The molecule has 3 amide bonds. The van der Waals surface area contributed by atoms with Gasteiger partial charge in [0, 0.05) is 0 Å². The van der Waals surface area contributed by atoms with Crippen LogP contribution in [0, 0.1) is 0 Å². The maximum absolute atomic E-state index is 12.7. The molecule has 0 aromatic heterocycles. The van der Waals surface area contributed by atoms with Gasteiger partial charge in [0.05, 0.1) is 19.8 Å². The Hall–Kier alpha value is -3.28. The van der Waals surface area contributed by atoms with Gasteiger partial charge in [-0.05, 0) is 42.7 Å². The minimum absolute atomic E-state index is 0.233. The molecule has 1 heterocycles. The third-order valence-corrected chi connectivity index (χ3v) is 4.48. The third-order valence-electron chi connectivity index (χ3n) is 4.48. The van der Waals surface area contributed by atoms with E-state index in [0.29, 0.717) is 24.7 Å². The van der Waals surface area contributed by atoms with E-state index in [-0.39, 0.29) is 18.1 Å². The van der Waals surface area contributed by atoms with Crippen molar-refractivity contribution < 1.29 is 19.1 Å². The normalized spacial score (nSPS) is 15.0. The van der Waals surface area contributed by atoms with E-state index in [9.17, 15) is 9.59 Å². The highest BCUT2D eigenvalue weighted by atomic mass is 16.5. The van der Waals surface area contributed by atoms with Crippen LogP contribution in [0.3, 0.4) is 0 Å². The first-order valence-corrected chi connectivity index (χ1v) is 9.90. The summed E-state index contributed by atoms with van der Waals surface area (Å²) in [7, 11) is 0. The van der Waals surface area contributed by atoms with Crippen LogP contribution in [0.1, 0.15) is 37.8 Å². The molecule has 2 aromatic carbocycles. The van der Waals surface area contributed by atoms with Crippen LogP contribution in [0.5, 0.6) is 11.5 Å². The number of benzene rings is 2. The first-order valence-electron chi connectivity index (χ1n) is 9.90. The molecule has 1 saturated heterocycles. The fourth-order valence-corrected chi connectivity index (χ4v) is 2.98. The Balaban J connectivity index is 1.77. The number of urea groups is 1. The van der Waals surface area contributed by atoms with Gasteiger partial charge in [0.2, 0.25) is 0 Å². The Bertz CT molecular complexity index is 893. The molecule has 0 bridgehead atoms. The van der Waals surface area contributed by atoms with Gasteiger partial charge in [0.15, 0.2) is 11.5 Å². The Morgan fingerprint density at radius 2 is 1.79 bits per heavy atom. The number of carbonyl (C=O) groups is 2. The molecule has 6 nitrogen and oxygen atoms in total. The summed E-state index contributed by atoms with van der Waals surface area (Å²) in [5.41, 5.74) is 1.89. The van der Waals surface area contributed by atoms with Gasteiger partial charge in [-0.2, -0.15) is 0 Å². The van der Waals surface area contributed by atoms with E-state index in [2.05, 4.69) is 12.2 Å². The maximum atomic E-state index is 12.7. The van der Waals surface area contributed by atoms with E-state index >= 15 is 0 Å². The molecule has 0 saturated carbocycles. The molecule has 2 aromatic rings. The Morgan fingerprint density at radius 1 is 1.00 bits per heavy atom. The SMILES string of the molecule is CCCCOc1ccc(/C=C2\NC(=O)N(Cc3ccccc3)C2=O)cc1OCC. The smallest absolute Gasteiger partial charge is 0.329 e. The Morgan fingerprint density at radius 3 is 2.52 bits per heavy atom. The lowest BCUT2D eigenvalue weighted by Crippen LogP contribution is -2.30. The molecule has 0 atom stereocenters. The zero-order valence-corrected chi connectivity index (χ0v) is 16.8. The second-order valence-electron chi connectivity index (χ2n) is 6.71. The summed E-state index contributed by atoms with van der Waals surface area (Å²) in [5, 5.41) is 2.66. The standard InChI is InChI=1S/C23H26N2O4/c1-3-5-13-29-20-12-11-18(15-21(20)28-4-2)14-19-22(26)25(23(27)24-19)16-17-9-7-6-8-10-17/h6-12,14-15H,3-5,13,16H2,1-2H3,(H,24,27)/b19-14-. The van der Waals surface area contributed by atoms with Crippen molar-refractivity contribution in [1.82, 2.24) is 10.2 Å². The molecule has 0 radical (unpaired) electrons. The van der Waals surface area contributed by atoms with Crippen LogP contribution in [0.25, 0.3) is 6.08 Å². The summed E-state index contributed by atoms with van der Waals surface area (Å²) in [4.78, 5) is 26.2. The molecule has 3 rings (SSSR count). The maximum Gasteiger partial charge on any atom is 0.329 e. The number of imide groups is 1. The van der Waals surface area contributed by atoms with Gasteiger partial charge in [-0.15, -0.1) is 0 Å². The van der Waals surface area contributed by atoms with Gasteiger partial charge in [-0.3, -0.25) is 9.69 Å². The third kappa shape index (κ3) is 5.16. The number of carbonyl (C=O) groups excluding carboxylic acids is 2. The molecular formula is C23H26N2O4. The highest BCUT2D eigenvalue weighted by molar-refractivity contribution is 6.13. The quantitative estimate of drug-likeness (QED) is 0.390. The Kier molecular flexibility index (Phi) is 6.89. The molecule has 1 N–H and O–H groups in total. The predicted octanol–water partition coefficient (Wildman–Crippen LogP) is 4.36. The van der Waals surface area contributed by atoms with Crippen molar-refractivity contribution in [3.8, 4) is 11.5 Å². The number of ether oxygens (including phenoxy) is 2. The second-order valence-corrected chi connectivity index (χ2v) is 6.71. The van der Waals surface area contributed by atoms with E-state index in [0.717, 1.165) is 24.0 Å². The summed E-state index contributed by atoms with van der Waals surface area (Å²) in [6, 6.07) is 14.5. The Labute approximate surface area is 171 Å². The topological polar surface area (TPSA) is 67.9 Å². The van der Waals surface area contributed by atoms with Crippen molar-refractivity contribution in [2.75, 3.05) is 13.2 Å². The lowest BCUT2D eigenvalue weighted by atomic mass is 10.1. The minimum Gasteiger partial charge on any atom is -0.490 e. The number of rotatable bonds is 9. The van der Waals surface area contributed by atoms with Crippen LogP contribution in [0.4, 0.5) is 4.79 Å². The molecule has 1 aliphatic rings. The van der Waals surface area contributed by atoms with Gasteiger partial charge >= 0.3 is 6.03 Å². The van der Waals surface area contributed by atoms with Crippen LogP contribution < -0.4 is 14.8 Å². The molecule has 0 spiro atoms. The van der Waals surface area contributed by atoms with Crippen molar-refractivity contribution in [1.29, 1.82) is 0 Å². The van der Waals surface area contributed by atoms with Crippen molar-refractivity contribution in [2.24, 2.45) is 0 Å². The lowest BCUT2D eigenvalue weighted by Gasteiger charge is -2.12. The van der Waals surface area contributed by atoms with Crippen molar-refractivity contribution in [2.45, 2.75) is 33.2 Å². The molecule has 0 unspecified atom stereocenters. The summed E-state index contributed by atoms with van der Waals surface area (Å²) < 4.78 is 11.5. The highest BCUT2D eigenvalue weighted by Gasteiger charge is 2.33. The number of hydrogen-bond donors (Lipinski definition) is 1. The number of nitrogens with zero attached hydrogens (tertiary/aromatic N) is 1. The predicted molar refractivity (Wildman–Crippen MR) is 112 cm³/mol. The fourth-order valence-electron chi connectivity index (χ4n) is 2.98. The first-order chi connectivity index (χ1) is 14.1. The zero-order chi connectivity index (χ0) is 20.6. The largest absolute Gasteiger partial charge is 0.490 e. The van der Waals surface area contributed by atoms with Crippen LogP contribution in [-0.4, -0.2) is 30.1 Å². The van der Waals surface area contributed by atoms with Gasteiger partial charge < -0.3 is 14.8 Å². The number of nitrogens with one attached hydrogen (secondary N) is 1. The molecular weight excluding hydrogens is 368 g/mol. The summed E-state index contributed by atoms with van der Waals surface area (Å²) in [5.74, 6) is 0.950. The number of hydrogen-bond acceptors (Lipinski definition) is 4. The molecule has 152 valence electrons. The summed E-state index contributed by atoms with van der Waals surface area (Å²) >= 11 is 0. The molecule has 29 heavy (non-hydrogen) atoms. The molecule has 6 heteroatoms. The van der Waals surface area contributed by atoms with E-state index in [1.165, 1.54) is 4.90 Å². The van der Waals surface area contributed by atoms with Gasteiger partial charge in [-0.25, -0.2) is 4.79 Å². The van der Waals surface area contributed by atoms with Crippen LogP contribution in [-0.2, 0) is 11.3 Å². The number of unbranched alkanes of at least 4 members (excludes halogenated alkanes) is 1. The summed E-state index contributed by atoms with van der Waals surface area (Å²) in [6.07, 6.45) is 3.67. The van der Waals surface area contributed by atoms with E-state index in [4.69, 9.17) is 9.47 Å². The molecule has 1 aliphatic heterocycles.